The van der Waals surface area contributed by atoms with Crippen LogP contribution in [0.2, 0.25) is 0 Å². The number of rotatable bonds is 8. The van der Waals surface area contributed by atoms with Gasteiger partial charge in [-0.25, -0.2) is 4.79 Å². The summed E-state index contributed by atoms with van der Waals surface area (Å²) in [5.74, 6) is -0.306. The molecule has 0 saturated heterocycles. The van der Waals surface area contributed by atoms with Gasteiger partial charge in [0.1, 0.15) is 0 Å². The van der Waals surface area contributed by atoms with E-state index in [1.807, 2.05) is 6.08 Å². The monoisotopic (exact) mass is 210 g/mol. The lowest BCUT2D eigenvalue weighted by Gasteiger charge is -1.95. The van der Waals surface area contributed by atoms with Crippen LogP contribution in [0.15, 0.2) is 17.9 Å². The number of hydrogen-bond donors (Lipinski definition) is 0. The Morgan fingerprint density at radius 3 is 2.60 bits per heavy atom. The maximum atomic E-state index is 10.9. The van der Waals surface area contributed by atoms with Gasteiger partial charge in [0.2, 0.25) is 0 Å². The summed E-state index contributed by atoms with van der Waals surface area (Å²) in [7, 11) is 0. The van der Waals surface area contributed by atoms with Gasteiger partial charge in [-0.1, -0.05) is 32.6 Å². The molecule has 0 fully saturated rings. The summed E-state index contributed by atoms with van der Waals surface area (Å²) in [5.41, 5.74) is 2.84. The molecule has 0 atom stereocenters. The number of unbranched alkanes of at least 4 members (excludes halogenated alkanes) is 5. The molecule has 0 rings (SSSR count). The number of carbonyl (C=O) groups is 1. The zero-order chi connectivity index (χ0) is 11.4. The molecule has 86 valence electrons. The van der Waals surface area contributed by atoms with Crippen molar-refractivity contribution in [1.29, 1.82) is 0 Å². The van der Waals surface area contributed by atoms with Gasteiger partial charge in [-0.2, -0.15) is 0 Å². The van der Waals surface area contributed by atoms with Crippen LogP contribution in [0.1, 0.15) is 52.4 Å². The van der Waals surface area contributed by atoms with Crippen molar-refractivity contribution in [1.82, 2.24) is 0 Å². The van der Waals surface area contributed by atoms with Gasteiger partial charge in [-0.05, 0) is 25.8 Å². The fourth-order valence-electron chi connectivity index (χ4n) is 1.24. The smallest absolute Gasteiger partial charge is 0.338 e. The average Bonchev–Trinajstić information content (AvgIpc) is 2.22. The van der Waals surface area contributed by atoms with Crippen molar-refractivity contribution in [2.24, 2.45) is 0 Å². The van der Waals surface area contributed by atoms with E-state index >= 15 is 0 Å². The molecular formula is C13H22O2. The van der Waals surface area contributed by atoms with Crippen molar-refractivity contribution in [3.05, 3.63) is 17.9 Å². The zero-order valence-electron chi connectivity index (χ0n) is 9.92. The molecule has 0 aromatic heterocycles. The minimum absolute atomic E-state index is 0.306. The lowest BCUT2D eigenvalue weighted by molar-refractivity contribution is -0.137. The highest BCUT2D eigenvalue weighted by molar-refractivity contribution is 5.81. The van der Waals surface area contributed by atoms with E-state index in [0.29, 0.717) is 6.61 Å². The molecule has 0 heterocycles. The first-order valence-corrected chi connectivity index (χ1v) is 5.89. The van der Waals surface area contributed by atoms with Crippen molar-refractivity contribution in [2.75, 3.05) is 6.61 Å². The largest absolute Gasteiger partial charge is 0.462 e. The van der Waals surface area contributed by atoms with Crippen molar-refractivity contribution >= 4 is 5.97 Å². The Morgan fingerprint density at radius 1 is 1.20 bits per heavy atom. The van der Waals surface area contributed by atoms with Crippen molar-refractivity contribution in [3.63, 3.8) is 0 Å². The molecule has 0 saturated carbocycles. The summed E-state index contributed by atoms with van der Waals surface area (Å²) in [6, 6.07) is 0. The molecule has 0 unspecified atom stereocenters. The van der Waals surface area contributed by atoms with Crippen molar-refractivity contribution in [3.8, 4) is 0 Å². The van der Waals surface area contributed by atoms with Crippen LogP contribution in [0.4, 0.5) is 0 Å². The third-order valence-electron chi connectivity index (χ3n) is 2.06. The molecule has 0 aliphatic heterocycles. The van der Waals surface area contributed by atoms with Gasteiger partial charge < -0.3 is 4.74 Å². The Labute approximate surface area is 93.0 Å². The molecular weight excluding hydrogens is 188 g/mol. The molecule has 0 spiro atoms. The summed E-state index contributed by atoms with van der Waals surface area (Å²) >= 11 is 0. The lowest BCUT2D eigenvalue weighted by Crippen LogP contribution is -1.97. The van der Waals surface area contributed by atoms with Crippen LogP contribution < -0.4 is 0 Å². The van der Waals surface area contributed by atoms with Crippen LogP contribution in [0.3, 0.4) is 0 Å². The van der Waals surface area contributed by atoms with E-state index in [-0.39, 0.29) is 5.97 Å². The van der Waals surface area contributed by atoms with E-state index in [1.165, 1.54) is 38.2 Å². The second-order valence-corrected chi connectivity index (χ2v) is 3.47. The van der Waals surface area contributed by atoms with Gasteiger partial charge in [0.15, 0.2) is 0 Å². The number of ether oxygens (including phenoxy) is 1. The SMILES string of the molecule is CCCCCCCC=C=CC(=O)OCC. The minimum Gasteiger partial charge on any atom is -0.462 e. The molecule has 15 heavy (non-hydrogen) atoms. The molecule has 0 radical (unpaired) electrons. The molecule has 0 amide bonds. The Bertz CT molecular complexity index is 213. The number of esters is 1. The van der Waals surface area contributed by atoms with Gasteiger partial charge in [-0.15, -0.1) is 5.73 Å². The maximum absolute atomic E-state index is 10.9. The molecule has 2 heteroatoms. The Kier molecular flexibility index (Phi) is 10.3. The van der Waals surface area contributed by atoms with E-state index in [9.17, 15) is 4.79 Å². The highest BCUT2D eigenvalue weighted by Gasteiger charge is 1.90. The van der Waals surface area contributed by atoms with Crippen LogP contribution in [-0.4, -0.2) is 12.6 Å². The van der Waals surface area contributed by atoms with Gasteiger partial charge in [-0.3, -0.25) is 0 Å². The van der Waals surface area contributed by atoms with Gasteiger partial charge in [0, 0.05) is 0 Å². The summed E-state index contributed by atoms with van der Waals surface area (Å²) in [6.45, 7) is 4.43. The normalized spacial score (nSPS) is 9.20. The molecule has 0 bridgehead atoms. The second kappa shape index (κ2) is 11.1. The van der Waals surface area contributed by atoms with Crippen LogP contribution >= 0.6 is 0 Å². The molecule has 0 aromatic rings. The Balaban J connectivity index is 3.40. The number of carbonyl (C=O) groups excluding carboxylic acids is 1. The summed E-state index contributed by atoms with van der Waals surface area (Å²) < 4.78 is 4.72. The Morgan fingerprint density at radius 2 is 1.93 bits per heavy atom. The van der Waals surface area contributed by atoms with E-state index in [4.69, 9.17) is 4.74 Å². The highest BCUT2D eigenvalue weighted by atomic mass is 16.5. The standard InChI is InChI=1S/C13H22O2/c1-3-5-6-7-8-9-10-11-12-13(14)15-4-2/h10,12H,3-9H2,1-2H3. The van der Waals surface area contributed by atoms with E-state index in [0.717, 1.165) is 6.42 Å². The minimum atomic E-state index is -0.306. The lowest BCUT2D eigenvalue weighted by atomic mass is 10.1. The van der Waals surface area contributed by atoms with E-state index in [2.05, 4.69) is 12.7 Å². The Hall–Kier alpha value is -1.01. The van der Waals surface area contributed by atoms with Crippen molar-refractivity contribution in [2.45, 2.75) is 52.4 Å². The molecule has 2 nitrogen and oxygen atoms in total. The van der Waals surface area contributed by atoms with Gasteiger partial charge in [0.25, 0.3) is 0 Å². The fraction of sp³-hybridized carbons (Fsp3) is 0.692. The predicted molar refractivity (Wildman–Crippen MR) is 62.7 cm³/mol. The van der Waals surface area contributed by atoms with E-state index in [1.54, 1.807) is 6.92 Å². The predicted octanol–water partition coefficient (Wildman–Crippen LogP) is 3.62. The van der Waals surface area contributed by atoms with Crippen LogP contribution in [0.5, 0.6) is 0 Å². The molecule has 0 aliphatic carbocycles. The van der Waals surface area contributed by atoms with Crippen LogP contribution in [0.25, 0.3) is 0 Å². The highest BCUT2D eigenvalue weighted by Crippen LogP contribution is 2.04. The first-order chi connectivity index (χ1) is 7.31. The first-order valence-electron chi connectivity index (χ1n) is 5.89. The van der Waals surface area contributed by atoms with Gasteiger partial charge >= 0.3 is 5.97 Å². The summed E-state index contributed by atoms with van der Waals surface area (Å²) in [4.78, 5) is 10.9. The van der Waals surface area contributed by atoms with Crippen molar-refractivity contribution < 1.29 is 9.53 Å². The molecule has 0 N–H and O–H groups in total. The van der Waals surface area contributed by atoms with Gasteiger partial charge in [0.05, 0.1) is 12.7 Å². The third-order valence-corrected chi connectivity index (χ3v) is 2.06. The topological polar surface area (TPSA) is 26.3 Å². The maximum Gasteiger partial charge on any atom is 0.338 e. The fourth-order valence-corrected chi connectivity index (χ4v) is 1.24. The average molecular weight is 210 g/mol. The number of hydrogen-bond acceptors (Lipinski definition) is 2. The molecule has 0 aliphatic rings. The summed E-state index contributed by atoms with van der Waals surface area (Å²) in [5, 5.41) is 0. The second-order valence-electron chi connectivity index (χ2n) is 3.47. The van der Waals surface area contributed by atoms with Crippen LogP contribution in [-0.2, 0) is 9.53 Å². The molecule has 0 aromatic carbocycles. The zero-order valence-corrected chi connectivity index (χ0v) is 9.92. The first kappa shape index (κ1) is 14.0. The quantitative estimate of drug-likeness (QED) is 0.265. The van der Waals surface area contributed by atoms with Crippen LogP contribution in [0, 0.1) is 0 Å². The van der Waals surface area contributed by atoms with E-state index < -0.39 is 0 Å². The third kappa shape index (κ3) is 10.9. The summed E-state index contributed by atoms with van der Waals surface area (Å²) in [6.07, 6.45) is 10.6.